The maximum absolute atomic E-state index is 11.6. The lowest BCUT2D eigenvalue weighted by Crippen LogP contribution is -2.50. The van der Waals surface area contributed by atoms with Crippen molar-refractivity contribution in [1.82, 2.24) is 3.11 Å². The Kier molecular flexibility index (Phi) is 5.43. The molecule has 0 radical (unpaired) electrons. The standard InChI is InChI=1S/C9H12INO4/c1-4-6-9(3,7(12)15-5-2)11(10)8(13)14/h1H,5-6H2,2-3H3,(H,13,14)/t9-/m1/s1. The van der Waals surface area contributed by atoms with E-state index >= 15 is 0 Å². The molecule has 0 saturated carbocycles. The van der Waals surface area contributed by atoms with Crippen LogP contribution in [0.2, 0.25) is 0 Å². The average molecular weight is 325 g/mol. The zero-order valence-electron chi connectivity index (χ0n) is 8.49. The van der Waals surface area contributed by atoms with Crippen LogP contribution in [0.1, 0.15) is 20.3 Å². The lowest BCUT2D eigenvalue weighted by molar-refractivity contribution is -0.152. The molecule has 0 rings (SSSR count). The summed E-state index contributed by atoms with van der Waals surface area (Å²) in [6.07, 6.45) is 3.84. The van der Waals surface area contributed by atoms with Crippen molar-refractivity contribution < 1.29 is 19.4 Å². The largest absolute Gasteiger partial charge is 0.464 e. The van der Waals surface area contributed by atoms with Crippen molar-refractivity contribution in [3.63, 3.8) is 0 Å². The zero-order chi connectivity index (χ0) is 12.1. The minimum absolute atomic E-state index is 0.0267. The molecule has 0 aliphatic carbocycles. The smallest absolute Gasteiger partial charge is 0.417 e. The van der Waals surface area contributed by atoms with Gasteiger partial charge in [0.2, 0.25) is 0 Å². The number of hydrogen-bond acceptors (Lipinski definition) is 3. The summed E-state index contributed by atoms with van der Waals surface area (Å²) in [7, 11) is 0. The van der Waals surface area contributed by atoms with Crippen LogP contribution in [0.4, 0.5) is 4.79 Å². The third-order valence-electron chi connectivity index (χ3n) is 1.76. The molecule has 0 aliphatic rings. The van der Waals surface area contributed by atoms with E-state index in [9.17, 15) is 9.59 Å². The van der Waals surface area contributed by atoms with E-state index in [0.717, 1.165) is 3.11 Å². The van der Waals surface area contributed by atoms with Crippen LogP contribution in [0.15, 0.2) is 0 Å². The molecule has 0 spiro atoms. The minimum Gasteiger partial charge on any atom is -0.464 e. The van der Waals surface area contributed by atoms with Gasteiger partial charge in [0.25, 0.3) is 0 Å². The van der Waals surface area contributed by atoms with E-state index in [1.165, 1.54) is 29.8 Å². The molecule has 0 aromatic rings. The van der Waals surface area contributed by atoms with Gasteiger partial charge in [-0.15, -0.1) is 12.3 Å². The van der Waals surface area contributed by atoms with E-state index in [4.69, 9.17) is 16.3 Å². The fourth-order valence-electron chi connectivity index (χ4n) is 0.918. The maximum Gasteiger partial charge on any atom is 0.417 e. The highest BCUT2D eigenvalue weighted by Gasteiger charge is 2.42. The van der Waals surface area contributed by atoms with Crippen LogP contribution >= 0.6 is 22.9 Å². The maximum atomic E-state index is 11.6. The number of hydrogen-bond donors (Lipinski definition) is 1. The number of carbonyl (C=O) groups excluding carboxylic acids is 1. The second kappa shape index (κ2) is 5.80. The molecular weight excluding hydrogens is 313 g/mol. The van der Waals surface area contributed by atoms with Gasteiger partial charge >= 0.3 is 12.1 Å². The van der Waals surface area contributed by atoms with Crippen LogP contribution < -0.4 is 0 Å². The number of terminal acetylenes is 1. The van der Waals surface area contributed by atoms with E-state index in [-0.39, 0.29) is 13.0 Å². The number of esters is 1. The monoisotopic (exact) mass is 325 g/mol. The number of ether oxygens (including phenoxy) is 1. The SMILES string of the molecule is C#CC[C@](C)(C(=O)OCC)N(I)C(=O)O. The van der Waals surface area contributed by atoms with Gasteiger partial charge in [0.05, 0.1) is 29.5 Å². The van der Waals surface area contributed by atoms with Gasteiger partial charge in [-0.2, -0.15) is 0 Å². The van der Waals surface area contributed by atoms with Gasteiger partial charge in [-0.25, -0.2) is 12.7 Å². The Balaban J connectivity index is 4.97. The molecule has 0 fully saturated rings. The Morgan fingerprint density at radius 2 is 2.20 bits per heavy atom. The van der Waals surface area contributed by atoms with Crippen molar-refractivity contribution in [3.05, 3.63) is 0 Å². The molecule has 0 heterocycles. The van der Waals surface area contributed by atoms with Gasteiger partial charge in [-0.1, -0.05) is 0 Å². The van der Waals surface area contributed by atoms with Crippen LogP contribution in [0.3, 0.4) is 0 Å². The second-order valence-corrected chi connectivity index (χ2v) is 3.90. The molecule has 1 N–H and O–H groups in total. The molecular formula is C9H12INO4. The molecule has 0 saturated heterocycles. The summed E-state index contributed by atoms with van der Waals surface area (Å²) >= 11 is 1.53. The lowest BCUT2D eigenvalue weighted by Gasteiger charge is -2.30. The van der Waals surface area contributed by atoms with Crippen molar-refractivity contribution in [3.8, 4) is 12.3 Å². The highest BCUT2D eigenvalue weighted by atomic mass is 127. The van der Waals surface area contributed by atoms with E-state index in [1.54, 1.807) is 6.92 Å². The van der Waals surface area contributed by atoms with Gasteiger partial charge < -0.3 is 9.84 Å². The zero-order valence-corrected chi connectivity index (χ0v) is 10.6. The molecule has 0 aliphatic heterocycles. The average Bonchev–Trinajstić information content (AvgIpc) is 2.17. The van der Waals surface area contributed by atoms with Crippen LogP contribution in [0.5, 0.6) is 0 Å². The van der Waals surface area contributed by atoms with Crippen molar-refractivity contribution in [2.24, 2.45) is 0 Å². The number of rotatable bonds is 4. The first kappa shape index (κ1) is 14.0. The Labute approximate surface area is 102 Å². The van der Waals surface area contributed by atoms with Crippen molar-refractivity contribution >= 4 is 34.9 Å². The van der Waals surface area contributed by atoms with Crippen molar-refractivity contribution in [2.45, 2.75) is 25.8 Å². The van der Waals surface area contributed by atoms with Crippen molar-refractivity contribution in [1.29, 1.82) is 0 Å². The third-order valence-corrected chi connectivity index (χ3v) is 3.24. The van der Waals surface area contributed by atoms with Gasteiger partial charge in [-0.05, 0) is 13.8 Å². The number of halogens is 1. The second-order valence-electron chi connectivity index (χ2n) is 2.94. The fraction of sp³-hybridized carbons (Fsp3) is 0.556. The summed E-state index contributed by atoms with van der Waals surface area (Å²) in [6, 6.07) is 0. The molecule has 0 aromatic carbocycles. The van der Waals surface area contributed by atoms with Gasteiger partial charge in [0.15, 0.2) is 5.54 Å². The Morgan fingerprint density at radius 1 is 1.67 bits per heavy atom. The van der Waals surface area contributed by atoms with Crippen molar-refractivity contribution in [2.75, 3.05) is 6.61 Å². The lowest BCUT2D eigenvalue weighted by atomic mass is 9.99. The Hall–Kier alpha value is -0.970. The first-order chi connectivity index (χ1) is 6.90. The number of amides is 1. The van der Waals surface area contributed by atoms with E-state index in [2.05, 4.69) is 5.92 Å². The first-order valence-electron chi connectivity index (χ1n) is 4.19. The minimum atomic E-state index is -1.34. The summed E-state index contributed by atoms with van der Waals surface area (Å²) in [5.74, 6) is 1.63. The molecule has 1 atom stereocenters. The van der Waals surface area contributed by atoms with Crippen LogP contribution in [0, 0.1) is 12.3 Å². The predicted octanol–water partition coefficient (Wildman–Crippen LogP) is 1.66. The third kappa shape index (κ3) is 3.27. The van der Waals surface area contributed by atoms with Gasteiger partial charge in [-0.3, -0.25) is 0 Å². The topological polar surface area (TPSA) is 66.8 Å². The molecule has 6 heteroatoms. The van der Waals surface area contributed by atoms with Gasteiger partial charge in [0.1, 0.15) is 0 Å². The molecule has 1 amide bonds. The Morgan fingerprint density at radius 3 is 2.53 bits per heavy atom. The van der Waals surface area contributed by atoms with E-state index in [1.807, 2.05) is 0 Å². The number of nitrogens with zero attached hydrogens (tertiary/aromatic N) is 1. The van der Waals surface area contributed by atoms with E-state index < -0.39 is 17.6 Å². The summed E-state index contributed by atoms with van der Waals surface area (Å²) < 4.78 is 5.62. The fourth-order valence-corrected chi connectivity index (χ4v) is 1.29. The van der Waals surface area contributed by atoms with E-state index in [0.29, 0.717) is 0 Å². The molecule has 0 aromatic heterocycles. The number of carboxylic acid groups (broad SMARTS) is 1. The molecule has 0 bridgehead atoms. The highest BCUT2D eigenvalue weighted by molar-refractivity contribution is 14.1. The van der Waals surface area contributed by atoms with Crippen LogP contribution in [-0.4, -0.2) is 32.4 Å². The Bertz CT molecular complexity index is 299. The first-order valence-corrected chi connectivity index (χ1v) is 5.16. The van der Waals surface area contributed by atoms with Crippen LogP contribution in [0.25, 0.3) is 0 Å². The predicted molar refractivity (Wildman–Crippen MR) is 62.4 cm³/mol. The van der Waals surface area contributed by atoms with Gasteiger partial charge in [0, 0.05) is 6.42 Å². The summed E-state index contributed by atoms with van der Waals surface area (Å²) in [5, 5.41) is 8.80. The molecule has 0 unspecified atom stereocenters. The summed E-state index contributed by atoms with van der Waals surface area (Å²) in [5.41, 5.74) is -1.34. The quantitative estimate of drug-likeness (QED) is 0.369. The normalized spacial score (nSPS) is 13.5. The summed E-state index contributed by atoms with van der Waals surface area (Å²) in [4.78, 5) is 22.3. The molecule has 5 nitrogen and oxygen atoms in total. The highest BCUT2D eigenvalue weighted by Crippen LogP contribution is 2.25. The number of carbonyl (C=O) groups is 2. The summed E-state index contributed by atoms with van der Waals surface area (Å²) in [6.45, 7) is 3.26. The molecule has 84 valence electrons. The van der Waals surface area contributed by atoms with Crippen LogP contribution in [-0.2, 0) is 9.53 Å². The molecule has 15 heavy (non-hydrogen) atoms.